The van der Waals surface area contributed by atoms with Crippen molar-refractivity contribution in [2.75, 3.05) is 0 Å². The zero-order valence-corrected chi connectivity index (χ0v) is 11.9. The number of rotatable bonds is 2. The van der Waals surface area contributed by atoms with E-state index in [1.165, 1.54) is 16.7 Å². The van der Waals surface area contributed by atoms with Gasteiger partial charge in [-0.3, -0.25) is 0 Å². The number of hydrogen-bond acceptors (Lipinski definition) is 0. The van der Waals surface area contributed by atoms with Crippen LogP contribution in [-0.4, -0.2) is 0 Å². The summed E-state index contributed by atoms with van der Waals surface area (Å²) in [4.78, 5) is 0. The molecule has 0 heterocycles. The van der Waals surface area contributed by atoms with Gasteiger partial charge in [-0.05, 0) is 34.4 Å². The molecule has 0 aromatic heterocycles. The largest absolute Gasteiger partial charge is 0.0622 e. The van der Waals surface area contributed by atoms with Gasteiger partial charge in [0.15, 0.2) is 0 Å². The number of benzene rings is 3. The lowest BCUT2D eigenvalue weighted by Gasteiger charge is -2.11. The lowest BCUT2D eigenvalue weighted by Crippen LogP contribution is -1.86. The molecule has 1 radical (unpaired) electrons. The summed E-state index contributed by atoms with van der Waals surface area (Å²) >= 11 is 3.63. The molecule has 3 aromatic carbocycles. The molecule has 3 rings (SSSR count). The molecule has 0 saturated carbocycles. The zero-order valence-electron chi connectivity index (χ0n) is 10.3. The monoisotopic (exact) mass is 307 g/mol. The van der Waals surface area contributed by atoms with E-state index < -0.39 is 0 Å². The third-order valence-electron chi connectivity index (χ3n) is 3.08. The Bertz CT molecular complexity index is 687. The number of hydrogen-bond donors (Lipinski definition) is 0. The third kappa shape index (κ3) is 2.47. The van der Waals surface area contributed by atoms with Crippen molar-refractivity contribution >= 4 is 15.9 Å². The minimum atomic E-state index is 1.10. The standard InChI is InChI=1S/C18H12Br/c19-18-13-7-6-12-17(18)16-11-5-4-10-15(16)14-8-2-1-3-9-14/h1-9,11-13H. The van der Waals surface area contributed by atoms with Crippen molar-refractivity contribution in [3.05, 3.63) is 83.3 Å². The van der Waals surface area contributed by atoms with Crippen LogP contribution in [0.2, 0.25) is 0 Å². The van der Waals surface area contributed by atoms with Crippen LogP contribution in [0.3, 0.4) is 0 Å². The third-order valence-corrected chi connectivity index (χ3v) is 3.77. The predicted molar refractivity (Wildman–Crippen MR) is 83.9 cm³/mol. The first-order valence-electron chi connectivity index (χ1n) is 6.17. The molecule has 0 nitrogen and oxygen atoms in total. The van der Waals surface area contributed by atoms with Gasteiger partial charge in [-0.25, -0.2) is 0 Å². The first-order chi connectivity index (χ1) is 9.36. The van der Waals surface area contributed by atoms with E-state index in [1.807, 2.05) is 24.3 Å². The van der Waals surface area contributed by atoms with Crippen LogP contribution in [0, 0.1) is 6.07 Å². The Balaban J connectivity index is 2.21. The first-order valence-corrected chi connectivity index (χ1v) is 6.96. The topological polar surface area (TPSA) is 0 Å². The van der Waals surface area contributed by atoms with Crippen molar-refractivity contribution in [1.29, 1.82) is 0 Å². The second-order valence-corrected chi connectivity index (χ2v) is 5.16. The normalized spacial score (nSPS) is 10.4. The van der Waals surface area contributed by atoms with Crippen molar-refractivity contribution < 1.29 is 0 Å². The highest BCUT2D eigenvalue weighted by Crippen LogP contribution is 2.35. The predicted octanol–water partition coefficient (Wildman–Crippen LogP) is 5.58. The van der Waals surface area contributed by atoms with E-state index in [-0.39, 0.29) is 0 Å². The van der Waals surface area contributed by atoms with Gasteiger partial charge in [-0.1, -0.05) is 82.7 Å². The molecule has 91 valence electrons. The Morgan fingerprint density at radius 3 is 2.16 bits per heavy atom. The molecule has 0 spiro atoms. The Morgan fingerprint density at radius 2 is 1.37 bits per heavy atom. The molecule has 0 N–H and O–H groups in total. The lowest BCUT2D eigenvalue weighted by molar-refractivity contribution is 1.55. The van der Waals surface area contributed by atoms with Gasteiger partial charge in [0.25, 0.3) is 0 Å². The molecule has 0 bridgehead atoms. The molecule has 0 saturated heterocycles. The molecular formula is C18H12Br. The van der Waals surface area contributed by atoms with Gasteiger partial charge in [0.2, 0.25) is 0 Å². The molecular weight excluding hydrogens is 296 g/mol. The van der Waals surface area contributed by atoms with E-state index in [0.29, 0.717) is 0 Å². The maximum atomic E-state index is 3.63. The van der Waals surface area contributed by atoms with E-state index >= 15 is 0 Å². The van der Waals surface area contributed by atoms with E-state index in [0.717, 1.165) is 10.0 Å². The lowest BCUT2D eigenvalue weighted by atomic mass is 9.95. The molecule has 0 atom stereocenters. The summed E-state index contributed by atoms with van der Waals surface area (Å²) in [5.41, 5.74) is 4.71. The molecule has 19 heavy (non-hydrogen) atoms. The van der Waals surface area contributed by atoms with Gasteiger partial charge in [0.1, 0.15) is 0 Å². The Hall–Kier alpha value is -1.86. The molecule has 0 aliphatic heterocycles. The fourth-order valence-electron chi connectivity index (χ4n) is 2.18. The maximum Gasteiger partial charge on any atom is 0.0253 e. The van der Waals surface area contributed by atoms with Crippen molar-refractivity contribution in [2.45, 2.75) is 0 Å². The summed E-state index contributed by atoms with van der Waals surface area (Å²) in [7, 11) is 0. The number of halogens is 1. The Kier molecular flexibility index (Phi) is 3.47. The Morgan fingerprint density at radius 1 is 0.684 bits per heavy atom. The van der Waals surface area contributed by atoms with Gasteiger partial charge in [0.05, 0.1) is 0 Å². The van der Waals surface area contributed by atoms with Crippen molar-refractivity contribution in [3.63, 3.8) is 0 Å². The fraction of sp³-hybridized carbons (Fsp3) is 0. The van der Waals surface area contributed by atoms with Gasteiger partial charge in [-0.15, -0.1) is 0 Å². The minimum absolute atomic E-state index is 1.10. The average molecular weight is 308 g/mol. The molecule has 0 fully saturated rings. The van der Waals surface area contributed by atoms with Crippen LogP contribution in [0.5, 0.6) is 0 Å². The van der Waals surface area contributed by atoms with Gasteiger partial charge in [-0.2, -0.15) is 0 Å². The van der Waals surface area contributed by atoms with Crippen LogP contribution in [-0.2, 0) is 0 Å². The highest BCUT2D eigenvalue weighted by Gasteiger charge is 2.08. The van der Waals surface area contributed by atoms with E-state index in [2.05, 4.69) is 70.5 Å². The van der Waals surface area contributed by atoms with Crippen LogP contribution in [0.4, 0.5) is 0 Å². The highest BCUT2D eigenvalue weighted by molar-refractivity contribution is 9.10. The van der Waals surface area contributed by atoms with Crippen LogP contribution in [0.1, 0.15) is 0 Å². The fourth-order valence-corrected chi connectivity index (χ4v) is 2.68. The molecule has 3 aromatic rings. The van der Waals surface area contributed by atoms with Gasteiger partial charge >= 0.3 is 0 Å². The van der Waals surface area contributed by atoms with Crippen LogP contribution >= 0.6 is 15.9 Å². The highest BCUT2D eigenvalue weighted by atomic mass is 79.9. The molecule has 0 amide bonds. The van der Waals surface area contributed by atoms with Crippen molar-refractivity contribution in [3.8, 4) is 22.3 Å². The van der Waals surface area contributed by atoms with Crippen LogP contribution < -0.4 is 0 Å². The Labute approximate surface area is 121 Å². The van der Waals surface area contributed by atoms with Crippen LogP contribution in [0.15, 0.2) is 77.3 Å². The summed E-state index contributed by atoms with van der Waals surface area (Å²) in [6.45, 7) is 0. The molecule has 0 aliphatic carbocycles. The molecule has 0 aliphatic rings. The van der Waals surface area contributed by atoms with Crippen molar-refractivity contribution in [2.24, 2.45) is 0 Å². The van der Waals surface area contributed by atoms with Crippen LogP contribution in [0.25, 0.3) is 22.3 Å². The van der Waals surface area contributed by atoms with E-state index in [4.69, 9.17) is 0 Å². The molecule has 1 heteroatoms. The summed E-state index contributed by atoms with van der Waals surface area (Å²) in [5, 5.41) is 0. The van der Waals surface area contributed by atoms with Crippen molar-refractivity contribution in [1.82, 2.24) is 0 Å². The smallest absolute Gasteiger partial charge is 0.0253 e. The summed E-state index contributed by atoms with van der Waals surface area (Å²) < 4.78 is 1.10. The minimum Gasteiger partial charge on any atom is -0.0622 e. The summed E-state index contributed by atoms with van der Waals surface area (Å²) in [6.07, 6.45) is 0. The van der Waals surface area contributed by atoms with Gasteiger partial charge < -0.3 is 0 Å². The molecule has 0 unspecified atom stereocenters. The quantitative estimate of drug-likeness (QED) is 0.579. The summed E-state index contributed by atoms with van der Waals surface area (Å²) in [6, 6.07) is 28.1. The van der Waals surface area contributed by atoms with E-state index in [1.54, 1.807) is 0 Å². The zero-order chi connectivity index (χ0) is 13.1. The van der Waals surface area contributed by atoms with Gasteiger partial charge in [0, 0.05) is 4.47 Å². The van der Waals surface area contributed by atoms with E-state index in [9.17, 15) is 0 Å². The average Bonchev–Trinajstić information content (AvgIpc) is 2.49. The summed E-state index contributed by atoms with van der Waals surface area (Å²) in [5.74, 6) is 0. The second-order valence-electron chi connectivity index (χ2n) is 4.30. The maximum absolute atomic E-state index is 3.63. The first kappa shape index (κ1) is 12.2. The SMILES string of the molecule is Brc1ccccc1-c1ccc[c]c1-c1ccccc1. The second kappa shape index (κ2) is 5.41.